The molecule has 23 heavy (non-hydrogen) atoms. The lowest BCUT2D eigenvalue weighted by molar-refractivity contribution is 0.501. The number of furan rings is 1. The number of nitrogens with one attached hydrogen (secondary N) is 2. The molecule has 0 aliphatic heterocycles. The highest BCUT2D eigenvalue weighted by atomic mass is 16.3. The van der Waals surface area contributed by atoms with Gasteiger partial charge in [0.05, 0.1) is 6.54 Å². The third-order valence-electron chi connectivity index (χ3n) is 3.55. The predicted molar refractivity (Wildman–Crippen MR) is 90.4 cm³/mol. The summed E-state index contributed by atoms with van der Waals surface area (Å²) in [6, 6.07) is 2.03. The molecule has 2 N–H and O–H groups in total. The van der Waals surface area contributed by atoms with Crippen LogP contribution in [-0.2, 0) is 19.5 Å². The zero-order chi connectivity index (χ0) is 16.7. The highest BCUT2D eigenvalue weighted by molar-refractivity contribution is 5.79. The van der Waals surface area contributed by atoms with E-state index in [4.69, 9.17) is 4.42 Å². The number of aromatic nitrogens is 3. The average molecular weight is 318 g/mol. The Hall–Kier alpha value is -2.31. The highest BCUT2D eigenvalue weighted by Gasteiger charge is 2.05. The summed E-state index contributed by atoms with van der Waals surface area (Å²) in [6.45, 7) is 11.1. The molecular weight excluding hydrogens is 292 g/mol. The second kappa shape index (κ2) is 8.36. The van der Waals surface area contributed by atoms with Crippen LogP contribution in [-0.4, -0.2) is 33.8 Å². The smallest absolute Gasteiger partial charge is 0.191 e. The van der Waals surface area contributed by atoms with Crippen molar-refractivity contribution in [2.24, 2.45) is 4.99 Å². The van der Waals surface area contributed by atoms with Gasteiger partial charge in [-0.2, -0.15) is 0 Å². The van der Waals surface area contributed by atoms with Gasteiger partial charge in [0.2, 0.25) is 0 Å². The molecule has 0 saturated heterocycles. The largest absolute Gasteiger partial charge is 0.466 e. The molecule has 2 aromatic heterocycles. The lowest BCUT2D eigenvalue weighted by Crippen LogP contribution is -2.38. The molecule has 7 nitrogen and oxygen atoms in total. The van der Waals surface area contributed by atoms with E-state index < -0.39 is 0 Å². The van der Waals surface area contributed by atoms with Crippen LogP contribution in [0.15, 0.2) is 21.8 Å². The fraction of sp³-hybridized carbons (Fsp3) is 0.562. The zero-order valence-electron chi connectivity index (χ0n) is 14.4. The van der Waals surface area contributed by atoms with E-state index in [0.717, 1.165) is 54.9 Å². The Labute approximate surface area is 137 Å². The van der Waals surface area contributed by atoms with Gasteiger partial charge < -0.3 is 19.6 Å². The predicted octanol–water partition coefficient (Wildman–Crippen LogP) is 1.81. The molecule has 0 fully saturated rings. The van der Waals surface area contributed by atoms with Crippen LogP contribution in [0.5, 0.6) is 0 Å². The molecule has 2 rings (SSSR count). The van der Waals surface area contributed by atoms with Gasteiger partial charge in [-0.25, -0.2) is 4.99 Å². The van der Waals surface area contributed by atoms with Gasteiger partial charge >= 0.3 is 0 Å². The minimum atomic E-state index is 0.603. The normalized spacial score (nSPS) is 11.7. The number of guanidine groups is 1. The van der Waals surface area contributed by atoms with Crippen LogP contribution >= 0.6 is 0 Å². The average Bonchev–Trinajstić information content (AvgIpc) is 3.10. The van der Waals surface area contributed by atoms with Crippen LogP contribution in [0, 0.1) is 13.8 Å². The van der Waals surface area contributed by atoms with E-state index in [1.807, 2.05) is 19.9 Å². The first kappa shape index (κ1) is 17.1. The van der Waals surface area contributed by atoms with E-state index in [2.05, 4.69) is 44.2 Å². The molecule has 7 heteroatoms. The topological polar surface area (TPSA) is 80.3 Å². The van der Waals surface area contributed by atoms with Crippen LogP contribution in [0.3, 0.4) is 0 Å². The van der Waals surface area contributed by atoms with Crippen LogP contribution in [0.1, 0.15) is 36.8 Å². The molecule has 0 unspecified atom stereocenters. The lowest BCUT2D eigenvalue weighted by Gasteiger charge is -2.12. The van der Waals surface area contributed by atoms with Crippen LogP contribution in [0.25, 0.3) is 0 Å². The second-order valence-electron chi connectivity index (χ2n) is 5.35. The van der Waals surface area contributed by atoms with E-state index >= 15 is 0 Å². The van der Waals surface area contributed by atoms with Gasteiger partial charge in [0.15, 0.2) is 5.96 Å². The Morgan fingerprint density at radius 3 is 2.78 bits per heavy atom. The molecule has 2 aromatic rings. The van der Waals surface area contributed by atoms with Gasteiger partial charge in [0.25, 0.3) is 0 Å². The molecular formula is C16H26N6O. The van der Waals surface area contributed by atoms with Gasteiger partial charge in [0.1, 0.15) is 23.7 Å². The lowest BCUT2D eigenvalue weighted by atomic mass is 10.2. The maximum Gasteiger partial charge on any atom is 0.191 e. The third kappa shape index (κ3) is 4.84. The van der Waals surface area contributed by atoms with Crippen molar-refractivity contribution in [2.45, 2.75) is 47.2 Å². The molecule has 0 spiro atoms. The fourth-order valence-electron chi connectivity index (χ4n) is 2.38. The summed E-state index contributed by atoms with van der Waals surface area (Å²) in [4.78, 5) is 4.61. The first-order chi connectivity index (χ1) is 11.1. The summed E-state index contributed by atoms with van der Waals surface area (Å²) in [5.74, 6) is 3.65. The Balaban J connectivity index is 1.90. The second-order valence-corrected chi connectivity index (χ2v) is 5.35. The summed E-state index contributed by atoms with van der Waals surface area (Å²) < 4.78 is 7.59. The number of aryl methyl sites for hydroxylation is 3. The molecule has 126 valence electrons. The molecule has 0 radical (unpaired) electrons. The number of rotatable bonds is 7. The van der Waals surface area contributed by atoms with Crippen molar-refractivity contribution in [3.63, 3.8) is 0 Å². The minimum absolute atomic E-state index is 0.603. The Bertz CT molecular complexity index is 643. The van der Waals surface area contributed by atoms with Crippen molar-refractivity contribution >= 4 is 5.96 Å². The summed E-state index contributed by atoms with van der Waals surface area (Å²) in [7, 11) is 0. The van der Waals surface area contributed by atoms with Crippen molar-refractivity contribution < 1.29 is 4.42 Å². The fourth-order valence-corrected chi connectivity index (χ4v) is 2.38. The standard InChI is InChI=1S/C16H26N6O/c1-5-15-21-20-11-22(15)8-7-18-16(17-6-2)19-10-14-9-12(3)23-13(14)4/h9,11H,5-8,10H2,1-4H3,(H2,17,18,19). The third-order valence-corrected chi connectivity index (χ3v) is 3.55. The van der Waals surface area contributed by atoms with Gasteiger partial charge in [-0.1, -0.05) is 6.92 Å². The van der Waals surface area contributed by atoms with Gasteiger partial charge in [0, 0.05) is 31.6 Å². The van der Waals surface area contributed by atoms with Crippen LogP contribution in [0.4, 0.5) is 0 Å². The van der Waals surface area contributed by atoms with Crippen molar-refractivity contribution in [2.75, 3.05) is 13.1 Å². The van der Waals surface area contributed by atoms with Crippen molar-refractivity contribution in [1.29, 1.82) is 0 Å². The quantitative estimate of drug-likeness (QED) is 0.601. The van der Waals surface area contributed by atoms with E-state index in [-0.39, 0.29) is 0 Å². The van der Waals surface area contributed by atoms with Crippen LogP contribution < -0.4 is 10.6 Å². The van der Waals surface area contributed by atoms with E-state index in [9.17, 15) is 0 Å². The molecule has 2 heterocycles. The number of aliphatic imine (C=N–C) groups is 1. The summed E-state index contributed by atoms with van der Waals surface area (Å²) >= 11 is 0. The summed E-state index contributed by atoms with van der Waals surface area (Å²) in [5.41, 5.74) is 1.12. The first-order valence-corrected chi connectivity index (χ1v) is 8.08. The Morgan fingerprint density at radius 1 is 1.30 bits per heavy atom. The SMILES string of the molecule is CCNC(=NCc1cc(C)oc1C)NCCn1cnnc1CC. The van der Waals surface area contributed by atoms with E-state index in [1.165, 1.54) is 0 Å². The maximum atomic E-state index is 5.54. The highest BCUT2D eigenvalue weighted by Crippen LogP contribution is 2.14. The van der Waals surface area contributed by atoms with Crippen molar-refractivity contribution in [3.05, 3.63) is 35.3 Å². The Kier molecular flexibility index (Phi) is 6.19. The number of hydrogen-bond acceptors (Lipinski definition) is 4. The van der Waals surface area contributed by atoms with E-state index in [0.29, 0.717) is 6.54 Å². The Morgan fingerprint density at radius 2 is 2.13 bits per heavy atom. The van der Waals surface area contributed by atoms with Crippen molar-refractivity contribution in [1.82, 2.24) is 25.4 Å². The molecule has 0 atom stereocenters. The van der Waals surface area contributed by atoms with Crippen LogP contribution in [0.2, 0.25) is 0 Å². The first-order valence-electron chi connectivity index (χ1n) is 8.08. The van der Waals surface area contributed by atoms with Gasteiger partial charge in [-0.15, -0.1) is 10.2 Å². The molecule has 0 aliphatic carbocycles. The van der Waals surface area contributed by atoms with E-state index in [1.54, 1.807) is 6.33 Å². The molecule has 0 amide bonds. The summed E-state index contributed by atoms with van der Waals surface area (Å²) in [6.07, 6.45) is 2.65. The molecule has 0 saturated carbocycles. The number of nitrogens with zero attached hydrogens (tertiary/aromatic N) is 4. The molecule has 0 aromatic carbocycles. The van der Waals surface area contributed by atoms with Crippen molar-refractivity contribution in [3.8, 4) is 0 Å². The molecule has 0 bridgehead atoms. The summed E-state index contributed by atoms with van der Waals surface area (Å²) in [5, 5.41) is 14.6. The van der Waals surface area contributed by atoms with Gasteiger partial charge in [-0.05, 0) is 26.8 Å². The monoisotopic (exact) mass is 318 g/mol. The minimum Gasteiger partial charge on any atom is -0.466 e. The zero-order valence-corrected chi connectivity index (χ0v) is 14.4. The number of hydrogen-bond donors (Lipinski definition) is 2. The maximum absolute atomic E-state index is 5.54. The van der Waals surface area contributed by atoms with Gasteiger partial charge in [-0.3, -0.25) is 0 Å². The molecule has 0 aliphatic rings.